The maximum absolute atomic E-state index is 4.26. The molecule has 2 heteroatoms. The molecule has 156 valence electrons. The van der Waals surface area contributed by atoms with Gasteiger partial charge in [0.2, 0.25) is 0 Å². The van der Waals surface area contributed by atoms with Gasteiger partial charge < -0.3 is 4.57 Å². The molecular formula is C26H42N2. The SMILES string of the molecule is CCCCCCCCCCCC[C@H](C)c1ccccc1C(CC)n1ccnc1. The lowest BCUT2D eigenvalue weighted by Gasteiger charge is -2.23. The van der Waals surface area contributed by atoms with Crippen molar-refractivity contribution >= 4 is 0 Å². The van der Waals surface area contributed by atoms with Crippen LogP contribution in [0.1, 0.15) is 121 Å². The first-order valence-corrected chi connectivity index (χ1v) is 11.8. The quantitative estimate of drug-likeness (QED) is 0.283. The van der Waals surface area contributed by atoms with Crippen LogP contribution in [0.5, 0.6) is 0 Å². The molecule has 2 rings (SSSR count). The largest absolute Gasteiger partial charge is 0.330 e. The van der Waals surface area contributed by atoms with Crippen molar-refractivity contribution in [2.24, 2.45) is 0 Å². The summed E-state index contributed by atoms with van der Waals surface area (Å²) in [5, 5.41) is 0. The Balaban J connectivity index is 1.75. The van der Waals surface area contributed by atoms with Crippen molar-refractivity contribution in [1.29, 1.82) is 0 Å². The molecule has 2 nitrogen and oxygen atoms in total. The smallest absolute Gasteiger partial charge is 0.0951 e. The second-order valence-electron chi connectivity index (χ2n) is 8.43. The third kappa shape index (κ3) is 7.45. The van der Waals surface area contributed by atoms with E-state index in [0.29, 0.717) is 12.0 Å². The average molecular weight is 383 g/mol. The predicted octanol–water partition coefficient (Wildman–Crippen LogP) is 8.30. The number of aromatic nitrogens is 2. The van der Waals surface area contributed by atoms with Crippen LogP contribution in [0.3, 0.4) is 0 Å². The van der Waals surface area contributed by atoms with Crippen molar-refractivity contribution in [1.82, 2.24) is 9.55 Å². The summed E-state index contributed by atoms with van der Waals surface area (Å²) in [5.74, 6) is 0.628. The van der Waals surface area contributed by atoms with Gasteiger partial charge in [0.25, 0.3) is 0 Å². The summed E-state index contributed by atoms with van der Waals surface area (Å²) in [6.45, 7) is 6.97. The number of hydrogen-bond acceptors (Lipinski definition) is 1. The number of unbranched alkanes of at least 4 members (excludes halogenated alkanes) is 9. The molecule has 0 radical (unpaired) electrons. The van der Waals surface area contributed by atoms with Gasteiger partial charge in [-0.25, -0.2) is 4.98 Å². The Kier molecular flexibility index (Phi) is 11.0. The van der Waals surface area contributed by atoms with E-state index in [4.69, 9.17) is 0 Å². The zero-order valence-electron chi connectivity index (χ0n) is 18.6. The third-order valence-corrected chi connectivity index (χ3v) is 6.15. The van der Waals surface area contributed by atoms with Crippen LogP contribution in [-0.4, -0.2) is 9.55 Å². The maximum atomic E-state index is 4.26. The van der Waals surface area contributed by atoms with E-state index in [-0.39, 0.29) is 0 Å². The highest BCUT2D eigenvalue weighted by molar-refractivity contribution is 5.33. The Bertz CT molecular complexity index is 617. The molecule has 0 aliphatic carbocycles. The van der Waals surface area contributed by atoms with Crippen LogP contribution >= 0.6 is 0 Å². The molecule has 1 unspecified atom stereocenters. The lowest BCUT2D eigenvalue weighted by molar-refractivity contribution is 0.524. The fourth-order valence-corrected chi connectivity index (χ4v) is 4.40. The van der Waals surface area contributed by atoms with Crippen LogP contribution in [0.25, 0.3) is 0 Å². The van der Waals surface area contributed by atoms with Gasteiger partial charge in [-0.15, -0.1) is 0 Å². The van der Waals surface area contributed by atoms with Crippen LogP contribution in [-0.2, 0) is 0 Å². The summed E-state index contributed by atoms with van der Waals surface area (Å²) < 4.78 is 2.26. The summed E-state index contributed by atoms with van der Waals surface area (Å²) in [7, 11) is 0. The van der Waals surface area contributed by atoms with Crippen LogP contribution in [0, 0.1) is 0 Å². The van der Waals surface area contributed by atoms with E-state index in [2.05, 4.69) is 60.8 Å². The lowest BCUT2D eigenvalue weighted by Crippen LogP contribution is -2.11. The fourth-order valence-electron chi connectivity index (χ4n) is 4.40. The van der Waals surface area contributed by atoms with E-state index >= 15 is 0 Å². The van der Waals surface area contributed by atoms with Gasteiger partial charge in [0.15, 0.2) is 0 Å². The highest BCUT2D eigenvalue weighted by Gasteiger charge is 2.18. The van der Waals surface area contributed by atoms with Gasteiger partial charge in [0.1, 0.15) is 0 Å². The average Bonchev–Trinajstić information content (AvgIpc) is 3.24. The number of benzene rings is 1. The monoisotopic (exact) mass is 382 g/mol. The van der Waals surface area contributed by atoms with Gasteiger partial charge in [-0.05, 0) is 29.9 Å². The Morgan fingerprint density at radius 2 is 1.43 bits per heavy atom. The van der Waals surface area contributed by atoms with E-state index < -0.39 is 0 Å². The second kappa shape index (κ2) is 13.6. The van der Waals surface area contributed by atoms with Gasteiger partial charge in [-0.1, -0.05) is 109 Å². The summed E-state index contributed by atoms with van der Waals surface area (Å²) >= 11 is 0. The van der Waals surface area contributed by atoms with Crippen molar-refractivity contribution < 1.29 is 0 Å². The second-order valence-corrected chi connectivity index (χ2v) is 8.43. The molecule has 28 heavy (non-hydrogen) atoms. The van der Waals surface area contributed by atoms with Crippen LogP contribution in [0.15, 0.2) is 43.0 Å². The fraction of sp³-hybridized carbons (Fsp3) is 0.654. The van der Waals surface area contributed by atoms with E-state index in [0.717, 1.165) is 6.42 Å². The first-order valence-electron chi connectivity index (χ1n) is 11.8. The topological polar surface area (TPSA) is 17.8 Å². The molecule has 0 aliphatic heterocycles. The van der Waals surface area contributed by atoms with Crippen molar-refractivity contribution in [2.75, 3.05) is 0 Å². The van der Waals surface area contributed by atoms with E-state index in [1.807, 2.05) is 12.5 Å². The van der Waals surface area contributed by atoms with Gasteiger partial charge in [0, 0.05) is 12.4 Å². The molecule has 1 heterocycles. The van der Waals surface area contributed by atoms with E-state index in [9.17, 15) is 0 Å². The molecule has 0 fully saturated rings. The highest BCUT2D eigenvalue weighted by Crippen LogP contribution is 2.32. The molecule has 0 saturated heterocycles. The number of nitrogens with zero attached hydrogens (tertiary/aromatic N) is 2. The zero-order valence-corrected chi connectivity index (χ0v) is 18.6. The van der Waals surface area contributed by atoms with E-state index in [1.165, 1.54) is 81.8 Å². The molecule has 2 aromatic rings. The predicted molar refractivity (Wildman–Crippen MR) is 122 cm³/mol. The van der Waals surface area contributed by atoms with Crippen LogP contribution < -0.4 is 0 Å². The maximum Gasteiger partial charge on any atom is 0.0951 e. The summed E-state index contributed by atoms with van der Waals surface area (Å²) in [6, 6.07) is 9.45. The van der Waals surface area contributed by atoms with Gasteiger partial charge >= 0.3 is 0 Å². The molecule has 2 atom stereocenters. The van der Waals surface area contributed by atoms with Gasteiger partial charge in [-0.3, -0.25) is 0 Å². The van der Waals surface area contributed by atoms with E-state index in [1.54, 1.807) is 0 Å². The summed E-state index contributed by atoms with van der Waals surface area (Å²) in [6.07, 6.45) is 22.4. The third-order valence-electron chi connectivity index (χ3n) is 6.15. The van der Waals surface area contributed by atoms with Crippen molar-refractivity contribution in [3.05, 3.63) is 54.1 Å². The van der Waals surface area contributed by atoms with Crippen LogP contribution in [0.2, 0.25) is 0 Å². The minimum atomic E-state index is 0.397. The molecule has 1 aromatic carbocycles. The summed E-state index contributed by atoms with van der Waals surface area (Å²) in [4.78, 5) is 4.26. The first kappa shape index (κ1) is 22.7. The zero-order chi connectivity index (χ0) is 20.0. The van der Waals surface area contributed by atoms with Gasteiger partial charge in [0.05, 0.1) is 12.4 Å². The molecular weight excluding hydrogens is 340 g/mol. The first-order chi connectivity index (χ1) is 13.8. The number of rotatable bonds is 15. The molecule has 1 aromatic heterocycles. The Morgan fingerprint density at radius 1 is 0.821 bits per heavy atom. The molecule has 0 amide bonds. The normalized spacial score (nSPS) is 13.5. The highest BCUT2D eigenvalue weighted by atomic mass is 15.0. The minimum Gasteiger partial charge on any atom is -0.330 e. The lowest BCUT2D eigenvalue weighted by atomic mass is 9.87. The van der Waals surface area contributed by atoms with Crippen molar-refractivity contribution in [2.45, 2.75) is 110 Å². The Morgan fingerprint density at radius 3 is 2.00 bits per heavy atom. The Labute approximate surface area is 173 Å². The number of hydrogen-bond donors (Lipinski definition) is 0. The standard InChI is InChI=1S/C26H42N2/c1-4-6-7-8-9-10-11-12-13-14-17-23(3)24-18-15-16-19-25(24)26(5-2)28-21-20-27-22-28/h15-16,18-23,26H,4-14,17H2,1-3H3/t23-,26?/m0/s1. The van der Waals surface area contributed by atoms with Crippen molar-refractivity contribution in [3.8, 4) is 0 Å². The molecule has 0 N–H and O–H groups in total. The van der Waals surface area contributed by atoms with Crippen molar-refractivity contribution in [3.63, 3.8) is 0 Å². The molecule has 0 saturated carbocycles. The van der Waals surface area contributed by atoms with Gasteiger partial charge in [-0.2, -0.15) is 0 Å². The minimum absolute atomic E-state index is 0.397. The molecule has 0 bridgehead atoms. The molecule has 0 aliphatic rings. The van der Waals surface area contributed by atoms with Crippen LogP contribution in [0.4, 0.5) is 0 Å². The Hall–Kier alpha value is -1.57. The molecule has 0 spiro atoms. The number of imidazole rings is 1. The summed E-state index contributed by atoms with van der Waals surface area (Å²) in [5.41, 5.74) is 3.00.